The molecule has 3 aliphatic rings. The van der Waals surface area contributed by atoms with Crippen LogP contribution in [-0.4, -0.2) is 59.0 Å². The summed E-state index contributed by atoms with van der Waals surface area (Å²) in [5, 5.41) is 17.5. The van der Waals surface area contributed by atoms with Crippen LogP contribution < -0.4 is 14.4 Å². The fraction of sp³-hybridized carbons (Fsp3) is 0.571. The smallest absolute Gasteiger partial charge is 0.263 e. The normalized spacial score (nSPS) is 29.5. The Bertz CT molecular complexity index is 1320. The molecule has 9 heteroatoms. The number of carbonyl (C=O) groups is 1. The molecule has 242 valence electrons. The van der Waals surface area contributed by atoms with Crippen LogP contribution in [0.4, 0.5) is 5.69 Å². The molecule has 2 aliphatic heterocycles. The molecule has 7 atom stereocenters. The molecule has 5 rings (SSSR count). The molecule has 0 spiro atoms. The predicted molar refractivity (Wildman–Crippen MR) is 180 cm³/mol. The van der Waals surface area contributed by atoms with Gasteiger partial charge in [0.05, 0.1) is 17.5 Å². The number of aliphatic hydroxyl groups excluding tert-OH is 2. The predicted octanol–water partition coefficient (Wildman–Crippen LogP) is 6.29. The largest absolute Gasteiger partial charge is 0.491 e. The van der Waals surface area contributed by atoms with Crippen LogP contribution in [0.25, 0.3) is 0 Å². The molecule has 1 amide bonds. The number of nitrogens with one attached hydrogen (secondary N) is 1. The monoisotopic (exact) mass is 644 g/mol. The standard InChI is InChI=1S/C34H45ClN2O4S.CH4O/c1-4-6-25-17-29(35)11-13-31(25)28-20-37-19-27-9-12-30(27)24(15-16-38)8-5-7-22(2)23(3)42(40)36-34(39)26-10-14-33(41-21-28)32(37)18-26;1-2/h5,8,10-11,13-14,17-18,22-24,27-28,30,38H,4,6-7,9,12,15-16,19-21H2,1-3H3,(H,36,39);2H,1H3/b8-5+;. The van der Waals surface area contributed by atoms with Crippen LogP contribution in [0.15, 0.2) is 48.6 Å². The number of amides is 1. The number of benzene rings is 2. The number of aliphatic hydroxyl groups is 2. The van der Waals surface area contributed by atoms with Gasteiger partial charge in [0, 0.05) is 43.3 Å². The van der Waals surface area contributed by atoms with Gasteiger partial charge in [0.2, 0.25) is 0 Å². The number of ether oxygens (including phenoxy) is 1. The summed E-state index contributed by atoms with van der Waals surface area (Å²) in [7, 11) is -0.513. The lowest BCUT2D eigenvalue weighted by molar-refractivity contribution is 0.0982. The lowest BCUT2D eigenvalue weighted by Crippen LogP contribution is -2.42. The first-order chi connectivity index (χ1) is 21.3. The molecule has 7 unspecified atom stereocenters. The zero-order valence-electron chi connectivity index (χ0n) is 26.5. The van der Waals surface area contributed by atoms with Gasteiger partial charge in [-0.3, -0.25) is 9.52 Å². The Morgan fingerprint density at radius 2 is 1.91 bits per heavy atom. The Morgan fingerprint density at radius 3 is 2.61 bits per heavy atom. The van der Waals surface area contributed by atoms with E-state index >= 15 is 0 Å². The van der Waals surface area contributed by atoms with Crippen LogP contribution in [0.2, 0.25) is 5.02 Å². The second kappa shape index (κ2) is 16.3. The number of halogens is 1. The van der Waals surface area contributed by atoms with Gasteiger partial charge in [-0.15, -0.1) is 0 Å². The number of aryl methyl sites for hydroxylation is 1. The quantitative estimate of drug-likeness (QED) is 0.331. The maximum atomic E-state index is 13.3. The number of hydrogen-bond acceptors (Lipinski definition) is 6. The number of fused-ring (bicyclic) bond motifs is 2. The van der Waals surface area contributed by atoms with Gasteiger partial charge in [-0.2, -0.15) is 0 Å². The lowest BCUT2D eigenvalue weighted by Gasteiger charge is -2.44. The summed E-state index contributed by atoms with van der Waals surface area (Å²) in [5.74, 6) is 2.00. The van der Waals surface area contributed by atoms with Crippen molar-refractivity contribution in [1.82, 2.24) is 4.72 Å². The highest BCUT2D eigenvalue weighted by atomic mass is 35.5. The fourth-order valence-electron chi connectivity index (χ4n) is 6.84. The third-order valence-electron chi connectivity index (χ3n) is 9.67. The van der Waals surface area contributed by atoms with Crippen LogP contribution in [0.3, 0.4) is 0 Å². The highest BCUT2D eigenvalue weighted by Gasteiger charge is 2.38. The van der Waals surface area contributed by atoms with E-state index in [-0.39, 0.29) is 29.6 Å². The second-order valence-corrected chi connectivity index (χ2v) is 14.4. The van der Waals surface area contributed by atoms with E-state index in [1.165, 1.54) is 11.1 Å². The molecule has 1 aliphatic carbocycles. The van der Waals surface area contributed by atoms with E-state index < -0.39 is 11.0 Å². The molecule has 1 saturated carbocycles. The van der Waals surface area contributed by atoms with Gasteiger partial charge in [0.1, 0.15) is 16.7 Å². The first-order valence-electron chi connectivity index (χ1n) is 16.0. The summed E-state index contributed by atoms with van der Waals surface area (Å²) >= 11 is 6.41. The lowest BCUT2D eigenvalue weighted by atomic mass is 9.65. The van der Waals surface area contributed by atoms with Crippen molar-refractivity contribution in [2.75, 3.05) is 38.3 Å². The van der Waals surface area contributed by atoms with Crippen LogP contribution >= 0.6 is 11.6 Å². The number of allylic oxidation sites excluding steroid dienone is 2. The molecule has 2 aromatic rings. The van der Waals surface area contributed by atoms with Crippen molar-refractivity contribution in [2.45, 2.75) is 70.5 Å². The van der Waals surface area contributed by atoms with Gasteiger partial charge in [0.25, 0.3) is 5.91 Å². The maximum Gasteiger partial charge on any atom is 0.263 e. The molecule has 2 heterocycles. The Hall–Kier alpha value is -2.39. The fourth-order valence-corrected chi connectivity index (χ4v) is 8.05. The van der Waals surface area contributed by atoms with Gasteiger partial charge in [-0.1, -0.05) is 50.1 Å². The minimum Gasteiger partial charge on any atom is -0.491 e. The average molecular weight is 645 g/mol. The first kappa shape index (κ1) is 34.5. The van der Waals surface area contributed by atoms with Crippen LogP contribution in [-0.2, 0) is 17.4 Å². The van der Waals surface area contributed by atoms with Crippen LogP contribution in [0.1, 0.15) is 80.3 Å². The Kier molecular flexibility index (Phi) is 12.7. The first-order valence-corrected chi connectivity index (χ1v) is 17.6. The summed E-state index contributed by atoms with van der Waals surface area (Å²) in [6.07, 6.45) is 10.3. The minimum absolute atomic E-state index is 0.139. The van der Waals surface area contributed by atoms with Crippen molar-refractivity contribution in [3.8, 4) is 5.75 Å². The summed E-state index contributed by atoms with van der Waals surface area (Å²) < 4.78 is 22.4. The third-order valence-corrected chi connectivity index (χ3v) is 11.4. The molecule has 44 heavy (non-hydrogen) atoms. The SMILES string of the molecule is CCCc1cc(Cl)ccc1C1COc2ccc3cc2N(C1)CC1CCC1C(CCO)/C=C/CC(C)C(C)S(=O)NC3=O.CO. The van der Waals surface area contributed by atoms with Gasteiger partial charge in [0.15, 0.2) is 0 Å². The Morgan fingerprint density at radius 1 is 1.11 bits per heavy atom. The van der Waals surface area contributed by atoms with Gasteiger partial charge >= 0.3 is 0 Å². The summed E-state index contributed by atoms with van der Waals surface area (Å²) in [4.78, 5) is 15.7. The van der Waals surface area contributed by atoms with Crippen molar-refractivity contribution in [3.05, 3.63) is 70.3 Å². The molecule has 3 N–H and O–H groups in total. The van der Waals surface area contributed by atoms with E-state index in [0.717, 1.165) is 75.2 Å². The molecular weight excluding hydrogens is 596 g/mol. The van der Waals surface area contributed by atoms with Crippen molar-refractivity contribution >= 4 is 34.2 Å². The molecule has 7 nitrogen and oxygen atoms in total. The van der Waals surface area contributed by atoms with Crippen LogP contribution in [0, 0.1) is 23.7 Å². The highest BCUT2D eigenvalue weighted by molar-refractivity contribution is 7.84. The van der Waals surface area contributed by atoms with Crippen molar-refractivity contribution in [2.24, 2.45) is 23.7 Å². The van der Waals surface area contributed by atoms with E-state index in [4.69, 9.17) is 21.4 Å². The topological polar surface area (TPSA) is 99.1 Å². The zero-order valence-corrected chi connectivity index (χ0v) is 28.1. The van der Waals surface area contributed by atoms with E-state index in [2.05, 4.69) is 47.8 Å². The maximum absolute atomic E-state index is 13.3. The molecule has 1 fully saturated rings. The Balaban J connectivity index is 0.00000216. The minimum atomic E-state index is -1.51. The van der Waals surface area contributed by atoms with Gasteiger partial charge < -0.3 is 19.8 Å². The van der Waals surface area contributed by atoms with Gasteiger partial charge in [-0.25, -0.2) is 4.21 Å². The van der Waals surface area contributed by atoms with Crippen LogP contribution in [0.5, 0.6) is 5.75 Å². The summed E-state index contributed by atoms with van der Waals surface area (Å²) in [5.41, 5.74) is 3.93. The van der Waals surface area contributed by atoms with E-state index in [9.17, 15) is 14.1 Å². The number of nitrogens with zero attached hydrogens (tertiary/aromatic N) is 1. The number of carbonyl (C=O) groups excluding carboxylic acids is 1. The number of anilines is 1. The molecule has 2 bridgehead atoms. The van der Waals surface area contributed by atoms with E-state index in [0.29, 0.717) is 29.9 Å². The van der Waals surface area contributed by atoms with Crippen molar-refractivity contribution < 1.29 is 24.0 Å². The molecule has 0 aromatic heterocycles. The Labute approximate surface area is 270 Å². The third kappa shape index (κ3) is 8.06. The second-order valence-electron chi connectivity index (χ2n) is 12.4. The highest BCUT2D eigenvalue weighted by Crippen LogP contribution is 2.45. The number of hydrogen-bond donors (Lipinski definition) is 3. The van der Waals surface area contributed by atoms with Crippen molar-refractivity contribution in [3.63, 3.8) is 0 Å². The summed E-state index contributed by atoms with van der Waals surface area (Å²) in [6.45, 7) is 8.52. The van der Waals surface area contributed by atoms with Gasteiger partial charge in [-0.05, 0) is 104 Å². The summed E-state index contributed by atoms with van der Waals surface area (Å²) in [6, 6.07) is 11.8. The molecule has 0 saturated heterocycles. The van der Waals surface area contributed by atoms with E-state index in [1.54, 1.807) is 6.07 Å². The van der Waals surface area contributed by atoms with E-state index in [1.807, 2.05) is 25.1 Å². The number of rotatable bonds is 5. The average Bonchev–Trinajstić information content (AvgIpc) is 3.18. The molecule has 2 aromatic carbocycles. The van der Waals surface area contributed by atoms with Crippen molar-refractivity contribution in [1.29, 1.82) is 0 Å². The molecular formula is C35H49ClN2O5S. The zero-order chi connectivity index (χ0) is 31.8. The molecule has 0 radical (unpaired) electrons.